The smallest absolute Gasteiger partial charge is 0.340 e. The highest BCUT2D eigenvalue weighted by Gasteiger charge is 2.27. The van der Waals surface area contributed by atoms with E-state index in [2.05, 4.69) is 31.2 Å². The van der Waals surface area contributed by atoms with Crippen molar-refractivity contribution in [2.75, 3.05) is 6.61 Å². The van der Waals surface area contributed by atoms with Gasteiger partial charge in [0.1, 0.15) is 11.9 Å². The number of carbonyl (C=O) groups excluding carboxylic acids is 1. The minimum Gasteiger partial charge on any atom is -0.494 e. The van der Waals surface area contributed by atoms with Gasteiger partial charge in [0.05, 0.1) is 6.61 Å². The molecule has 1 aromatic carbocycles. The molecule has 0 bridgehead atoms. The van der Waals surface area contributed by atoms with Crippen LogP contribution in [0.15, 0.2) is 24.3 Å². The van der Waals surface area contributed by atoms with Gasteiger partial charge >= 0.3 is 5.97 Å². The Bertz CT molecular complexity index is 535. The molecule has 152 valence electrons. The molecule has 0 aromatic heterocycles. The van der Waals surface area contributed by atoms with Crippen LogP contribution in [0.5, 0.6) is 5.75 Å². The maximum Gasteiger partial charge on any atom is 0.340 e. The first-order valence-corrected chi connectivity index (χ1v) is 10.7. The lowest BCUT2D eigenvalue weighted by molar-refractivity contribution is -0.157. The van der Waals surface area contributed by atoms with Crippen molar-refractivity contribution in [3.8, 4) is 5.75 Å². The summed E-state index contributed by atoms with van der Waals surface area (Å²) in [6, 6.07) is 8.40. The van der Waals surface area contributed by atoms with E-state index in [-0.39, 0.29) is 12.5 Å². The highest BCUT2D eigenvalue weighted by Crippen LogP contribution is 2.35. The number of carbonyl (C=O) groups is 1. The van der Waals surface area contributed by atoms with Crippen LogP contribution in [-0.2, 0) is 9.53 Å². The summed E-state index contributed by atoms with van der Waals surface area (Å²) >= 11 is 0. The van der Waals surface area contributed by atoms with Crippen molar-refractivity contribution in [2.45, 2.75) is 96.2 Å². The SMILES string of the molecule is CCCCCOc1ccc(C2CCC(OC(=O)[C@@H](F)CCCC)CC2)cc1. The van der Waals surface area contributed by atoms with Crippen molar-refractivity contribution in [3.05, 3.63) is 29.8 Å². The van der Waals surface area contributed by atoms with E-state index in [0.717, 1.165) is 57.3 Å². The first-order chi connectivity index (χ1) is 13.1. The Kier molecular flexibility index (Phi) is 9.65. The van der Waals surface area contributed by atoms with Gasteiger partial charge in [0.25, 0.3) is 0 Å². The summed E-state index contributed by atoms with van der Waals surface area (Å²) in [6.45, 7) is 4.95. The topological polar surface area (TPSA) is 35.5 Å². The predicted octanol–water partition coefficient (Wildman–Crippen LogP) is 6.35. The molecule has 1 saturated carbocycles. The monoisotopic (exact) mass is 378 g/mol. The standard InChI is InChI=1S/C23H35FO3/c1-3-5-7-17-26-20-13-9-18(10-14-20)19-11-15-21(16-12-19)27-23(25)22(24)8-6-4-2/h9-10,13-14,19,21-22H,3-8,11-12,15-17H2,1-2H3/t19?,21?,22-/m0/s1. The largest absolute Gasteiger partial charge is 0.494 e. The number of hydrogen-bond acceptors (Lipinski definition) is 3. The molecule has 1 atom stereocenters. The first kappa shape index (κ1) is 21.7. The fourth-order valence-corrected chi connectivity index (χ4v) is 3.63. The summed E-state index contributed by atoms with van der Waals surface area (Å²) in [4.78, 5) is 11.8. The molecule has 0 heterocycles. The zero-order valence-corrected chi connectivity index (χ0v) is 16.9. The Balaban J connectivity index is 1.72. The number of hydrogen-bond donors (Lipinski definition) is 0. The van der Waals surface area contributed by atoms with E-state index < -0.39 is 12.1 Å². The van der Waals surface area contributed by atoms with Gasteiger partial charge in [0.15, 0.2) is 6.17 Å². The molecule has 2 rings (SSSR count). The van der Waals surface area contributed by atoms with Gasteiger partial charge in [-0.1, -0.05) is 51.7 Å². The van der Waals surface area contributed by atoms with Crippen LogP contribution < -0.4 is 4.74 Å². The van der Waals surface area contributed by atoms with E-state index in [1.165, 1.54) is 18.4 Å². The third kappa shape index (κ3) is 7.51. The van der Waals surface area contributed by atoms with Crippen LogP contribution in [-0.4, -0.2) is 24.9 Å². The van der Waals surface area contributed by atoms with E-state index >= 15 is 0 Å². The van der Waals surface area contributed by atoms with E-state index in [1.807, 2.05) is 6.92 Å². The van der Waals surface area contributed by atoms with Gasteiger partial charge in [-0.3, -0.25) is 0 Å². The number of ether oxygens (including phenoxy) is 2. The maximum absolute atomic E-state index is 13.8. The molecule has 0 saturated heterocycles. The molecule has 0 amide bonds. The Labute approximate surface area is 163 Å². The number of esters is 1. The van der Waals surface area contributed by atoms with E-state index in [4.69, 9.17) is 9.47 Å². The van der Waals surface area contributed by atoms with Gasteiger partial charge in [-0.25, -0.2) is 9.18 Å². The summed E-state index contributed by atoms with van der Waals surface area (Å²) in [6.07, 6.45) is 7.36. The highest BCUT2D eigenvalue weighted by atomic mass is 19.1. The van der Waals surface area contributed by atoms with Gasteiger partial charge in [-0.2, -0.15) is 0 Å². The minimum absolute atomic E-state index is 0.130. The number of halogens is 1. The quantitative estimate of drug-likeness (QED) is 0.332. The molecule has 1 aliphatic rings. The van der Waals surface area contributed by atoms with Crippen molar-refractivity contribution in [1.29, 1.82) is 0 Å². The molecule has 0 unspecified atom stereocenters. The highest BCUT2D eigenvalue weighted by molar-refractivity contribution is 5.74. The Morgan fingerprint density at radius 2 is 1.70 bits per heavy atom. The minimum atomic E-state index is -1.47. The Hall–Kier alpha value is -1.58. The molecule has 3 nitrogen and oxygen atoms in total. The molecular formula is C23H35FO3. The molecule has 1 aromatic rings. The third-order valence-corrected chi connectivity index (χ3v) is 5.39. The lowest BCUT2D eigenvalue weighted by Crippen LogP contribution is -2.28. The van der Waals surface area contributed by atoms with Gasteiger partial charge in [0.2, 0.25) is 0 Å². The molecule has 27 heavy (non-hydrogen) atoms. The molecule has 1 aliphatic carbocycles. The number of unbranched alkanes of at least 4 members (excludes halogenated alkanes) is 3. The Morgan fingerprint density at radius 1 is 1.04 bits per heavy atom. The normalized spacial score (nSPS) is 20.9. The summed E-state index contributed by atoms with van der Waals surface area (Å²) in [5.74, 6) is 0.741. The van der Waals surface area contributed by atoms with E-state index in [1.54, 1.807) is 0 Å². The van der Waals surface area contributed by atoms with Crippen molar-refractivity contribution < 1.29 is 18.7 Å². The first-order valence-electron chi connectivity index (χ1n) is 10.7. The number of alkyl halides is 1. The second kappa shape index (κ2) is 12.0. The summed E-state index contributed by atoms with van der Waals surface area (Å²) < 4.78 is 24.9. The van der Waals surface area contributed by atoms with Gasteiger partial charge in [-0.15, -0.1) is 0 Å². The van der Waals surface area contributed by atoms with Crippen molar-refractivity contribution >= 4 is 5.97 Å². The third-order valence-electron chi connectivity index (χ3n) is 5.39. The lowest BCUT2D eigenvalue weighted by atomic mass is 9.83. The molecule has 4 heteroatoms. The molecule has 0 aliphatic heterocycles. The van der Waals surface area contributed by atoms with Crippen LogP contribution in [0.1, 0.15) is 89.5 Å². The van der Waals surface area contributed by atoms with Crippen LogP contribution in [0.4, 0.5) is 4.39 Å². The van der Waals surface area contributed by atoms with Gasteiger partial charge in [0, 0.05) is 0 Å². The van der Waals surface area contributed by atoms with Gasteiger partial charge in [-0.05, 0) is 62.1 Å². The van der Waals surface area contributed by atoms with Crippen molar-refractivity contribution in [2.24, 2.45) is 0 Å². The molecular weight excluding hydrogens is 343 g/mol. The van der Waals surface area contributed by atoms with Gasteiger partial charge < -0.3 is 9.47 Å². The molecule has 0 N–H and O–H groups in total. The number of rotatable bonds is 11. The van der Waals surface area contributed by atoms with Crippen LogP contribution in [0.3, 0.4) is 0 Å². The fourth-order valence-electron chi connectivity index (χ4n) is 3.63. The average molecular weight is 379 g/mol. The van der Waals surface area contributed by atoms with Crippen LogP contribution in [0.2, 0.25) is 0 Å². The van der Waals surface area contributed by atoms with Crippen molar-refractivity contribution in [3.63, 3.8) is 0 Å². The zero-order chi connectivity index (χ0) is 19.5. The van der Waals surface area contributed by atoms with Crippen LogP contribution in [0.25, 0.3) is 0 Å². The zero-order valence-electron chi connectivity index (χ0n) is 16.9. The molecule has 0 radical (unpaired) electrons. The Morgan fingerprint density at radius 3 is 2.33 bits per heavy atom. The molecule has 1 fully saturated rings. The molecule has 0 spiro atoms. The summed E-state index contributed by atoms with van der Waals surface area (Å²) in [5, 5.41) is 0. The lowest BCUT2D eigenvalue weighted by Gasteiger charge is -2.29. The second-order valence-electron chi connectivity index (χ2n) is 7.64. The van der Waals surface area contributed by atoms with E-state index in [9.17, 15) is 9.18 Å². The van der Waals surface area contributed by atoms with Crippen molar-refractivity contribution in [1.82, 2.24) is 0 Å². The predicted molar refractivity (Wildman–Crippen MR) is 107 cm³/mol. The second-order valence-corrected chi connectivity index (χ2v) is 7.64. The van der Waals surface area contributed by atoms with Crippen LogP contribution >= 0.6 is 0 Å². The number of benzene rings is 1. The van der Waals surface area contributed by atoms with E-state index in [0.29, 0.717) is 5.92 Å². The summed E-state index contributed by atoms with van der Waals surface area (Å²) in [7, 11) is 0. The fraction of sp³-hybridized carbons (Fsp3) is 0.696. The maximum atomic E-state index is 13.8. The van der Waals surface area contributed by atoms with Crippen LogP contribution in [0, 0.1) is 0 Å². The summed E-state index contributed by atoms with van der Waals surface area (Å²) in [5.41, 5.74) is 1.31. The average Bonchev–Trinajstić information content (AvgIpc) is 2.70.